The zero-order chi connectivity index (χ0) is 17.1. The highest BCUT2D eigenvalue weighted by molar-refractivity contribution is 6.07. The van der Waals surface area contributed by atoms with E-state index in [2.05, 4.69) is 0 Å². The fourth-order valence-electron chi connectivity index (χ4n) is 2.48. The monoisotopic (exact) mass is 320 g/mol. The summed E-state index contributed by atoms with van der Waals surface area (Å²) in [6.45, 7) is 0. The average molecular weight is 320 g/mol. The maximum Gasteiger partial charge on any atom is 0.339 e. The minimum Gasteiger partial charge on any atom is -0.478 e. The molecule has 0 saturated carbocycles. The summed E-state index contributed by atoms with van der Waals surface area (Å²) < 4.78 is 5.77. The Morgan fingerprint density at radius 3 is 2.17 bits per heavy atom. The smallest absolute Gasteiger partial charge is 0.339 e. The first kappa shape index (κ1) is 15.4. The Hall–Kier alpha value is -3.47. The highest BCUT2D eigenvalue weighted by Crippen LogP contribution is 2.35. The molecule has 0 aliphatic carbocycles. The summed E-state index contributed by atoms with van der Waals surface area (Å²) in [6.07, 6.45) is 1.33. The third-order valence-corrected chi connectivity index (χ3v) is 3.62. The van der Waals surface area contributed by atoms with Gasteiger partial charge < -0.3 is 9.84 Å². The number of carbonyl (C=O) groups is 3. The number of aldehydes is 2. The summed E-state index contributed by atoms with van der Waals surface area (Å²) in [5.41, 5.74) is 0.670. The minimum atomic E-state index is -1.19. The summed E-state index contributed by atoms with van der Waals surface area (Å²) in [4.78, 5) is 33.6. The maximum atomic E-state index is 11.6. The van der Waals surface area contributed by atoms with Crippen LogP contribution < -0.4 is 4.74 Å². The third kappa shape index (κ3) is 2.75. The van der Waals surface area contributed by atoms with Crippen molar-refractivity contribution in [2.45, 2.75) is 0 Å². The predicted octanol–water partition coefficient (Wildman–Crippen LogP) is 3.96. The molecule has 0 atom stereocenters. The molecule has 0 spiro atoms. The van der Waals surface area contributed by atoms with Gasteiger partial charge in [-0.05, 0) is 35.7 Å². The van der Waals surface area contributed by atoms with E-state index >= 15 is 0 Å². The number of carboxylic acids is 1. The van der Waals surface area contributed by atoms with Gasteiger partial charge in [0, 0.05) is 16.5 Å². The second kappa shape index (κ2) is 6.34. The zero-order valence-electron chi connectivity index (χ0n) is 12.4. The number of hydrogen-bond donors (Lipinski definition) is 1. The van der Waals surface area contributed by atoms with Crippen LogP contribution in [0.25, 0.3) is 10.8 Å². The molecule has 0 fully saturated rings. The van der Waals surface area contributed by atoms with E-state index in [9.17, 15) is 19.5 Å². The summed E-state index contributed by atoms with van der Waals surface area (Å²) in [5, 5.41) is 10.6. The maximum absolute atomic E-state index is 11.6. The van der Waals surface area contributed by atoms with Gasteiger partial charge in [-0.1, -0.05) is 24.3 Å². The number of ether oxygens (including phenoxy) is 1. The van der Waals surface area contributed by atoms with E-state index in [1.165, 1.54) is 6.07 Å². The van der Waals surface area contributed by atoms with Crippen molar-refractivity contribution in [1.82, 2.24) is 0 Å². The van der Waals surface area contributed by atoms with E-state index in [1.54, 1.807) is 48.5 Å². The Kier molecular flexibility index (Phi) is 4.07. The second-order valence-corrected chi connectivity index (χ2v) is 5.10. The molecule has 0 aliphatic rings. The molecule has 1 N–H and O–H groups in total. The summed E-state index contributed by atoms with van der Waals surface area (Å²) >= 11 is 0. The van der Waals surface area contributed by atoms with Crippen molar-refractivity contribution >= 4 is 29.3 Å². The third-order valence-electron chi connectivity index (χ3n) is 3.62. The lowest BCUT2D eigenvalue weighted by atomic mass is 10.00. The van der Waals surface area contributed by atoms with Crippen molar-refractivity contribution in [3.63, 3.8) is 0 Å². The van der Waals surface area contributed by atoms with Crippen LogP contribution in [-0.2, 0) is 0 Å². The lowest BCUT2D eigenvalue weighted by Crippen LogP contribution is -2.03. The Bertz CT molecular complexity index is 942. The molecule has 118 valence electrons. The van der Waals surface area contributed by atoms with Gasteiger partial charge in [0.15, 0.2) is 6.29 Å². The van der Waals surface area contributed by atoms with Crippen LogP contribution >= 0.6 is 0 Å². The largest absolute Gasteiger partial charge is 0.478 e. The first-order chi connectivity index (χ1) is 11.6. The van der Waals surface area contributed by atoms with Crippen LogP contribution in [0.15, 0.2) is 54.6 Å². The van der Waals surface area contributed by atoms with Crippen LogP contribution in [0, 0.1) is 0 Å². The van der Waals surface area contributed by atoms with Gasteiger partial charge in [-0.15, -0.1) is 0 Å². The molecule has 24 heavy (non-hydrogen) atoms. The Morgan fingerprint density at radius 2 is 1.58 bits per heavy atom. The number of carboxylic acid groups (broad SMARTS) is 1. The molecule has 0 bridgehead atoms. The van der Waals surface area contributed by atoms with Gasteiger partial charge in [-0.3, -0.25) is 9.59 Å². The molecule has 0 amide bonds. The molecule has 0 aromatic heterocycles. The molecular formula is C19H12O5. The van der Waals surface area contributed by atoms with Gasteiger partial charge in [0.05, 0.1) is 0 Å². The van der Waals surface area contributed by atoms with E-state index in [0.717, 1.165) is 0 Å². The highest BCUT2D eigenvalue weighted by atomic mass is 16.5. The topological polar surface area (TPSA) is 80.7 Å². The molecular weight excluding hydrogens is 308 g/mol. The molecule has 5 heteroatoms. The van der Waals surface area contributed by atoms with E-state index in [1.807, 2.05) is 0 Å². The SMILES string of the molecule is O=Cc1ccc(Oc2c(C(=O)O)cc(C=O)c3ccccc23)cc1. The van der Waals surface area contributed by atoms with Crippen molar-refractivity contribution in [2.24, 2.45) is 0 Å². The van der Waals surface area contributed by atoms with Crippen LogP contribution in [0.3, 0.4) is 0 Å². The Labute approximate surface area is 137 Å². The number of hydrogen-bond acceptors (Lipinski definition) is 4. The lowest BCUT2D eigenvalue weighted by molar-refractivity contribution is 0.0694. The highest BCUT2D eigenvalue weighted by Gasteiger charge is 2.18. The standard InChI is InChI=1S/C19H12O5/c20-10-12-5-7-14(8-6-12)24-18-16-4-2-1-3-15(16)13(11-21)9-17(18)19(22)23/h1-11H,(H,22,23). The summed E-state index contributed by atoms with van der Waals surface area (Å²) in [6, 6.07) is 14.5. The van der Waals surface area contributed by atoms with Crippen LogP contribution in [-0.4, -0.2) is 23.6 Å². The number of rotatable bonds is 5. The van der Waals surface area contributed by atoms with E-state index in [0.29, 0.717) is 34.7 Å². The van der Waals surface area contributed by atoms with Gasteiger partial charge in [0.1, 0.15) is 23.3 Å². The quantitative estimate of drug-likeness (QED) is 0.720. The molecule has 0 aliphatic heterocycles. The molecule has 0 saturated heterocycles. The molecule has 0 unspecified atom stereocenters. The Balaban J connectivity index is 2.20. The van der Waals surface area contributed by atoms with Gasteiger partial charge >= 0.3 is 5.97 Å². The first-order valence-corrected chi connectivity index (χ1v) is 7.11. The molecule has 0 heterocycles. The van der Waals surface area contributed by atoms with Crippen LogP contribution in [0.1, 0.15) is 31.1 Å². The molecule has 3 rings (SSSR count). The average Bonchev–Trinajstić information content (AvgIpc) is 2.62. The van der Waals surface area contributed by atoms with Crippen molar-refractivity contribution in [3.05, 3.63) is 71.3 Å². The zero-order valence-corrected chi connectivity index (χ0v) is 12.4. The number of aromatic carboxylic acids is 1. The van der Waals surface area contributed by atoms with Crippen molar-refractivity contribution in [3.8, 4) is 11.5 Å². The van der Waals surface area contributed by atoms with Crippen molar-refractivity contribution in [2.75, 3.05) is 0 Å². The second-order valence-electron chi connectivity index (χ2n) is 5.10. The van der Waals surface area contributed by atoms with E-state index in [-0.39, 0.29) is 16.9 Å². The predicted molar refractivity (Wildman–Crippen MR) is 88.2 cm³/mol. The van der Waals surface area contributed by atoms with Crippen molar-refractivity contribution < 1.29 is 24.2 Å². The molecule has 3 aromatic carbocycles. The number of carbonyl (C=O) groups excluding carboxylic acids is 2. The van der Waals surface area contributed by atoms with Gasteiger partial charge in [-0.25, -0.2) is 4.79 Å². The number of benzene rings is 3. The molecule has 3 aromatic rings. The van der Waals surface area contributed by atoms with Crippen LogP contribution in [0.2, 0.25) is 0 Å². The Morgan fingerprint density at radius 1 is 0.917 bits per heavy atom. The van der Waals surface area contributed by atoms with Crippen LogP contribution in [0.5, 0.6) is 11.5 Å². The van der Waals surface area contributed by atoms with Gasteiger partial charge in [0.25, 0.3) is 0 Å². The summed E-state index contributed by atoms with van der Waals surface area (Å²) in [5.74, 6) is -0.641. The van der Waals surface area contributed by atoms with E-state index < -0.39 is 5.97 Å². The number of fused-ring (bicyclic) bond motifs is 1. The summed E-state index contributed by atoms with van der Waals surface area (Å²) in [7, 11) is 0. The van der Waals surface area contributed by atoms with Crippen molar-refractivity contribution in [1.29, 1.82) is 0 Å². The van der Waals surface area contributed by atoms with E-state index in [4.69, 9.17) is 4.74 Å². The van der Waals surface area contributed by atoms with Gasteiger partial charge in [-0.2, -0.15) is 0 Å². The molecule has 5 nitrogen and oxygen atoms in total. The van der Waals surface area contributed by atoms with Gasteiger partial charge in [0.2, 0.25) is 0 Å². The first-order valence-electron chi connectivity index (χ1n) is 7.11. The minimum absolute atomic E-state index is 0.102. The molecule has 0 radical (unpaired) electrons. The van der Waals surface area contributed by atoms with Crippen LogP contribution in [0.4, 0.5) is 0 Å². The fraction of sp³-hybridized carbons (Fsp3) is 0. The normalized spacial score (nSPS) is 10.3. The fourth-order valence-corrected chi connectivity index (χ4v) is 2.48. The lowest BCUT2D eigenvalue weighted by Gasteiger charge is -2.13.